The number of morpholine rings is 1. The van der Waals surface area contributed by atoms with E-state index in [1.807, 2.05) is 37.3 Å². The predicted molar refractivity (Wildman–Crippen MR) is 66.9 cm³/mol. The molecule has 1 atom stereocenters. The fourth-order valence-electron chi connectivity index (χ4n) is 1.96. The third-order valence-corrected chi connectivity index (χ3v) is 2.75. The number of carbonyl (C=O) groups is 1. The van der Waals surface area contributed by atoms with Crippen molar-refractivity contribution in [2.24, 2.45) is 0 Å². The van der Waals surface area contributed by atoms with Crippen LogP contribution in [0.4, 0.5) is 5.69 Å². The standard InChI is InChI=1S/C13H18N2O2/c1-11-9-15(7-8-17-11)10-13(16)14-12-5-3-2-4-6-12/h2-6,11H,7-10H2,1H3,(H,14,16)/t11-/m0/s1. The highest BCUT2D eigenvalue weighted by Gasteiger charge is 2.18. The Labute approximate surface area is 102 Å². The molecule has 1 fully saturated rings. The van der Waals surface area contributed by atoms with Gasteiger partial charge in [0.1, 0.15) is 0 Å². The number of hydrogen-bond donors (Lipinski definition) is 1. The Morgan fingerprint density at radius 1 is 1.47 bits per heavy atom. The highest BCUT2D eigenvalue weighted by atomic mass is 16.5. The minimum absolute atomic E-state index is 0.0327. The lowest BCUT2D eigenvalue weighted by Gasteiger charge is -2.30. The fourth-order valence-corrected chi connectivity index (χ4v) is 1.96. The van der Waals surface area contributed by atoms with Gasteiger partial charge in [0.15, 0.2) is 0 Å². The SMILES string of the molecule is C[C@H]1CN(CC(=O)Nc2ccccc2)CCO1. The number of hydrogen-bond acceptors (Lipinski definition) is 3. The van der Waals surface area contributed by atoms with Gasteiger partial charge in [0.05, 0.1) is 19.3 Å². The van der Waals surface area contributed by atoms with Crippen LogP contribution in [0, 0.1) is 0 Å². The van der Waals surface area contributed by atoms with Crippen LogP contribution in [0.2, 0.25) is 0 Å². The van der Waals surface area contributed by atoms with Crippen LogP contribution in [0.3, 0.4) is 0 Å². The van der Waals surface area contributed by atoms with Crippen LogP contribution in [0.1, 0.15) is 6.92 Å². The quantitative estimate of drug-likeness (QED) is 0.858. The van der Waals surface area contributed by atoms with Gasteiger partial charge in [0.2, 0.25) is 5.91 Å². The van der Waals surface area contributed by atoms with Crippen molar-refractivity contribution in [1.82, 2.24) is 4.90 Å². The van der Waals surface area contributed by atoms with Gasteiger partial charge in [0.25, 0.3) is 0 Å². The first-order chi connectivity index (χ1) is 8.24. The summed E-state index contributed by atoms with van der Waals surface area (Å²) in [5.74, 6) is 0.0327. The van der Waals surface area contributed by atoms with Crippen molar-refractivity contribution in [2.45, 2.75) is 13.0 Å². The van der Waals surface area contributed by atoms with Crippen LogP contribution in [-0.2, 0) is 9.53 Å². The van der Waals surface area contributed by atoms with E-state index in [9.17, 15) is 4.79 Å². The number of para-hydroxylation sites is 1. The first-order valence-electron chi connectivity index (χ1n) is 5.93. The monoisotopic (exact) mass is 234 g/mol. The van der Waals surface area contributed by atoms with E-state index >= 15 is 0 Å². The third-order valence-electron chi connectivity index (χ3n) is 2.75. The molecule has 0 unspecified atom stereocenters. The topological polar surface area (TPSA) is 41.6 Å². The predicted octanol–water partition coefficient (Wildman–Crippen LogP) is 1.35. The zero-order chi connectivity index (χ0) is 12.1. The molecule has 1 aromatic carbocycles. The Kier molecular flexibility index (Phi) is 4.12. The molecule has 17 heavy (non-hydrogen) atoms. The van der Waals surface area contributed by atoms with Crippen molar-refractivity contribution >= 4 is 11.6 Å². The molecule has 0 aliphatic carbocycles. The van der Waals surface area contributed by atoms with Gasteiger partial charge in [-0.15, -0.1) is 0 Å². The zero-order valence-corrected chi connectivity index (χ0v) is 10.1. The molecule has 1 amide bonds. The Bertz CT molecular complexity index is 367. The van der Waals surface area contributed by atoms with Crippen molar-refractivity contribution in [3.05, 3.63) is 30.3 Å². The molecule has 2 rings (SSSR count). The van der Waals surface area contributed by atoms with Crippen LogP contribution in [0.15, 0.2) is 30.3 Å². The van der Waals surface area contributed by atoms with E-state index in [4.69, 9.17) is 4.74 Å². The van der Waals surface area contributed by atoms with Gasteiger partial charge in [-0.2, -0.15) is 0 Å². The summed E-state index contributed by atoms with van der Waals surface area (Å²) in [6, 6.07) is 9.53. The maximum Gasteiger partial charge on any atom is 0.238 e. The van der Waals surface area contributed by atoms with Crippen LogP contribution < -0.4 is 5.32 Å². The summed E-state index contributed by atoms with van der Waals surface area (Å²) in [5.41, 5.74) is 0.846. The number of nitrogens with one attached hydrogen (secondary N) is 1. The van der Waals surface area contributed by atoms with Crippen molar-refractivity contribution in [3.63, 3.8) is 0 Å². The average Bonchev–Trinajstić information content (AvgIpc) is 2.30. The number of ether oxygens (including phenoxy) is 1. The number of rotatable bonds is 3. The lowest BCUT2D eigenvalue weighted by atomic mass is 10.3. The third kappa shape index (κ3) is 3.84. The van der Waals surface area contributed by atoms with E-state index in [0.717, 1.165) is 18.8 Å². The summed E-state index contributed by atoms with van der Waals surface area (Å²) >= 11 is 0. The molecule has 1 saturated heterocycles. The molecule has 1 N–H and O–H groups in total. The summed E-state index contributed by atoms with van der Waals surface area (Å²) in [6.45, 7) is 4.82. The zero-order valence-electron chi connectivity index (χ0n) is 10.1. The minimum Gasteiger partial charge on any atom is -0.376 e. The molecule has 0 spiro atoms. The second kappa shape index (κ2) is 5.80. The van der Waals surface area contributed by atoms with Crippen molar-refractivity contribution in [2.75, 3.05) is 31.6 Å². The summed E-state index contributed by atoms with van der Waals surface area (Å²) in [7, 11) is 0. The summed E-state index contributed by atoms with van der Waals surface area (Å²) in [5, 5.41) is 2.88. The molecule has 4 nitrogen and oxygen atoms in total. The Balaban J connectivity index is 1.81. The summed E-state index contributed by atoms with van der Waals surface area (Å²) < 4.78 is 5.43. The van der Waals surface area contributed by atoms with Crippen LogP contribution >= 0.6 is 0 Å². The van der Waals surface area contributed by atoms with Gasteiger partial charge in [-0.3, -0.25) is 9.69 Å². The molecular formula is C13H18N2O2. The van der Waals surface area contributed by atoms with Gasteiger partial charge in [-0.05, 0) is 19.1 Å². The van der Waals surface area contributed by atoms with E-state index in [-0.39, 0.29) is 12.0 Å². The molecule has 92 valence electrons. The molecule has 1 aromatic rings. The average molecular weight is 234 g/mol. The number of amides is 1. The van der Waals surface area contributed by atoms with Gasteiger partial charge in [0, 0.05) is 18.8 Å². The van der Waals surface area contributed by atoms with E-state index in [2.05, 4.69) is 10.2 Å². The second-order valence-electron chi connectivity index (χ2n) is 4.33. The second-order valence-corrected chi connectivity index (χ2v) is 4.33. The van der Waals surface area contributed by atoms with Gasteiger partial charge in [-0.25, -0.2) is 0 Å². The highest BCUT2D eigenvalue weighted by molar-refractivity contribution is 5.92. The largest absolute Gasteiger partial charge is 0.376 e. The first kappa shape index (κ1) is 12.1. The normalized spacial score (nSPS) is 21.1. The van der Waals surface area contributed by atoms with E-state index < -0.39 is 0 Å². The smallest absolute Gasteiger partial charge is 0.238 e. The van der Waals surface area contributed by atoms with Crippen molar-refractivity contribution in [3.8, 4) is 0 Å². The highest BCUT2D eigenvalue weighted by Crippen LogP contribution is 2.07. The van der Waals surface area contributed by atoms with Gasteiger partial charge in [-0.1, -0.05) is 18.2 Å². The van der Waals surface area contributed by atoms with Crippen molar-refractivity contribution in [1.29, 1.82) is 0 Å². The van der Waals surface area contributed by atoms with Crippen LogP contribution in [-0.4, -0.2) is 43.2 Å². The fraction of sp³-hybridized carbons (Fsp3) is 0.462. The van der Waals surface area contributed by atoms with Crippen LogP contribution in [0.25, 0.3) is 0 Å². The molecule has 0 bridgehead atoms. The van der Waals surface area contributed by atoms with E-state index in [1.54, 1.807) is 0 Å². The maximum atomic E-state index is 11.8. The number of anilines is 1. The van der Waals surface area contributed by atoms with Gasteiger partial charge < -0.3 is 10.1 Å². The van der Waals surface area contributed by atoms with Gasteiger partial charge >= 0.3 is 0 Å². The number of carbonyl (C=O) groups excluding carboxylic acids is 1. The molecule has 1 aliphatic heterocycles. The Hall–Kier alpha value is -1.39. The summed E-state index contributed by atoms with van der Waals surface area (Å²) in [6.07, 6.45) is 0.216. The molecule has 0 radical (unpaired) electrons. The molecular weight excluding hydrogens is 216 g/mol. The van der Waals surface area contributed by atoms with Crippen molar-refractivity contribution < 1.29 is 9.53 Å². The number of nitrogens with zero attached hydrogens (tertiary/aromatic N) is 1. The Morgan fingerprint density at radius 2 is 2.24 bits per heavy atom. The van der Waals surface area contributed by atoms with E-state index in [1.165, 1.54) is 0 Å². The van der Waals surface area contributed by atoms with E-state index in [0.29, 0.717) is 13.2 Å². The summed E-state index contributed by atoms with van der Waals surface area (Å²) in [4.78, 5) is 13.9. The maximum absolute atomic E-state index is 11.8. The lowest BCUT2D eigenvalue weighted by Crippen LogP contribution is -2.44. The molecule has 0 saturated carbocycles. The Morgan fingerprint density at radius 3 is 2.94 bits per heavy atom. The molecule has 0 aromatic heterocycles. The molecule has 1 heterocycles. The molecule has 4 heteroatoms. The number of benzene rings is 1. The lowest BCUT2D eigenvalue weighted by molar-refractivity contribution is -0.119. The van der Waals surface area contributed by atoms with Crippen LogP contribution in [0.5, 0.6) is 0 Å². The first-order valence-corrected chi connectivity index (χ1v) is 5.93. The minimum atomic E-state index is 0.0327. The molecule has 1 aliphatic rings.